The molecule has 1 fully saturated rings. The Labute approximate surface area is 198 Å². The third-order valence-electron chi connectivity index (χ3n) is 7.59. The molecule has 2 aromatic rings. The van der Waals surface area contributed by atoms with Crippen molar-refractivity contribution in [2.24, 2.45) is 11.8 Å². The zero-order valence-electron chi connectivity index (χ0n) is 21.0. The Balaban J connectivity index is 1.41. The van der Waals surface area contributed by atoms with Gasteiger partial charge in [-0.05, 0) is 61.1 Å². The van der Waals surface area contributed by atoms with E-state index in [2.05, 4.69) is 56.4 Å². The Morgan fingerprint density at radius 3 is 2.06 bits per heavy atom. The van der Waals surface area contributed by atoms with Crippen LogP contribution < -0.4 is 0 Å². The first-order valence-corrected chi connectivity index (χ1v) is 13.8. The normalized spacial score (nSPS) is 18.7. The number of nitrogens with zero attached hydrogens (tertiary/aromatic N) is 1. The van der Waals surface area contributed by atoms with Crippen LogP contribution in [0.5, 0.6) is 0 Å². The van der Waals surface area contributed by atoms with Gasteiger partial charge in [-0.1, -0.05) is 115 Å². The van der Waals surface area contributed by atoms with Gasteiger partial charge in [0.15, 0.2) is 0 Å². The van der Waals surface area contributed by atoms with Gasteiger partial charge in [-0.3, -0.25) is 4.98 Å². The van der Waals surface area contributed by atoms with E-state index in [4.69, 9.17) is 4.98 Å². The van der Waals surface area contributed by atoms with Crippen LogP contribution in [0.15, 0.2) is 42.6 Å². The molecule has 0 spiro atoms. The van der Waals surface area contributed by atoms with Gasteiger partial charge in [0.1, 0.15) is 0 Å². The minimum Gasteiger partial charge on any atom is -0.256 e. The van der Waals surface area contributed by atoms with Gasteiger partial charge >= 0.3 is 0 Å². The van der Waals surface area contributed by atoms with E-state index in [0.717, 1.165) is 17.5 Å². The molecular formula is C31H47N. The van der Waals surface area contributed by atoms with Crippen molar-refractivity contribution in [2.75, 3.05) is 0 Å². The number of benzene rings is 1. The van der Waals surface area contributed by atoms with Crippen molar-refractivity contribution in [1.29, 1.82) is 0 Å². The van der Waals surface area contributed by atoms with Crippen LogP contribution in [0.1, 0.15) is 115 Å². The van der Waals surface area contributed by atoms with Gasteiger partial charge in [0.25, 0.3) is 0 Å². The minimum atomic E-state index is 0.935. The molecule has 176 valence electrons. The average Bonchev–Trinajstić information content (AvgIpc) is 2.84. The van der Waals surface area contributed by atoms with Crippen LogP contribution in [0.2, 0.25) is 0 Å². The van der Waals surface area contributed by atoms with E-state index < -0.39 is 0 Å². The van der Waals surface area contributed by atoms with Gasteiger partial charge in [0.05, 0.1) is 5.69 Å². The smallest absolute Gasteiger partial charge is 0.0702 e. The molecule has 0 amide bonds. The van der Waals surface area contributed by atoms with Gasteiger partial charge in [0, 0.05) is 11.8 Å². The minimum absolute atomic E-state index is 0.935. The highest BCUT2D eigenvalue weighted by atomic mass is 14.7. The van der Waals surface area contributed by atoms with Gasteiger partial charge in [-0.15, -0.1) is 0 Å². The molecule has 1 heteroatoms. The van der Waals surface area contributed by atoms with E-state index in [1.807, 2.05) is 0 Å². The Morgan fingerprint density at radius 1 is 0.688 bits per heavy atom. The van der Waals surface area contributed by atoms with Gasteiger partial charge in [-0.25, -0.2) is 0 Å². The van der Waals surface area contributed by atoms with Crippen molar-refractivity contribution in [2.45, 2.75) is 117 Å². The second-order valence-corrected chi connectivity index (χ2v) is 10.3. The summed E-state index contributed by atoms with van der Waals surface area (Å²) in [7, 11) is 0. The largest absolute Gasteiger partial charge is 0.256 e. The molecular weight excluding hydrogens is 386 g/mol. The van der Waals surface area contributed by atoms with Crippen LogP contribution in [-0.2, 0) is 12.8 Å². The highest BCUT2D eigenvalue weighted by Crippen LogP contribution is 2.35. The molecule has 0 radical (unpaired) electrons. The lowest BCUT2D eigenvalue weighted by Crippen LogP contribution is -2.16. The van der Waals surface area contributed by atoms with E-state index in [1.54, 1.807) is 0 Å². The number of pyridine rings is 1. The second kappa shape index (κ2) is 14.5. The highest BCUT2D eigenvalue weighted by Gasteiger charge is 2.21. The lowest BCUT2D eigenvalue weighted by Gasteiger charge is -2.29. The van der Waals surface area contributed by atoms with Crippen molar-refractivity contribution < 1.29 is 0 Å². The monoisotopic (exact) mass is 433 g/mol. The SMILES string of the molecule is CCCCCCc1ccc(-c2ccc(CCC3CCCC(CCCCCC)C3)cn2)cc1. The number of unbranched alkanes of at least 4 members (excludes halogenated alkanes) is 6. The Hall–Kier alpha value is -1.63. The third kappa shape index (κ3) is 8.72. The van der Waals surface area contributed by atoms with Crippen LogP contribution in [0, 0.1) is 11.8 Å². The zero-order valence-corrected chi connectivity index (χ0v) is 21.0. The molecule has 1 saturated carbocycles. The molecule has 2 unspecified atom stereocenters. The van der Waals surface area contributed by atoms with Crippen LogP contribution in [0.4, 0.5) is 0 Å². The second-order valence-electron chi connectivity index (χ2n) is 10.3. The van der Waals surface area contributed by atoms with E-state index in [0.29, 0.717) is 0 Å². The molecule has 1 nitrogen and oxygen atoms in total. The van der Waals surface area contributed by atoms with Crippen LogP contribution in [-0.4, -0.2) is 4.98 Å². The maximum atomic E-state index is 4.80. The fourth-order valence-electron chi connectivity index (χ4n) is 5.50. The summed E-state index contributed by atoms with van der Waals surface area (Å²) in [5.74, 6) is 1.94. The van der Waals surface area contributed by atoms with Crippen LogP contribution in [0.3, 0.4) is 0 Å². The molecule has 1 aromatic carbocycles. The molecule has 0 saturated heterocycles. The molecule has 32 heavy (non-hydrogen) atoms. The molecule has 0 N–H and O–H groups in total. The molecule has 1 aliphatic rings. The summed E-state index contributed by atoms with van der Waals surface area (Å²) in [5, 5.41) is 0. The highest BCUT2D eigenvalue weighted by molar-refractivity contribution is 5.59. The van der Waals surface area contributed by atoms with E-state index in [-0.39, 0.29) is 0 Å². The summed E-state index contributed by atoms with van der Waals surface area (Å²) in [5.41, 5.74) is 5.21. The predicted molar refractivity (Wildman–Crippen MR) is 140 cm³/mol. The maximum Gasteiger partial charge on any atom is 0.0702 e. The van der Waals surface area contributed by atoms with E-state index >= 15 is 0 Å². The van der Waals surface area contributed by atoms with Crippen LogP contribution in [0.25, 0.3) is 11.3 Å². The van der Waals surface area contributed by atoms with Crippen molar-refractivity contribution in [3.05, 3.63) is 53.7 Å². The summed E-state index contributed by atoms with van der Waals surface area (Å²) in [4.78, 5) is 4.80. The quantitative estimate of drug-likeness (QED) is 0.270. The number of hydrogen-bond donors (Lipinski definition) is 0. The fraction of sp³-hybridized carbons (Fsp3) is 0.645. The number of rotatable bonds is 14. The van der Waals surface area contributed by atoms with E-state index in [9.17, 15) is 0 Å². The standard InChI is InChI=1S/C31H47N/c1-3-5-7-9-12-26-18-21-30(22-19-26)31-23-20-29(25-32-31)17-16-28-15-11-14-27(24-28)13-10-8-6-4-2/h18-23,25,27-28H,3-17,24H2,1-2H3. The first-order chi connectivity index (χ1) is 15.8. The van der Waals surface area contributed by atoms with Crippen molar-refractivity contribution >= 4 is 0 Å². The zero-order chi connectivity index (χ0) is 22.4. The lowest BCUT2D eigenvalue weighted by atomic mass is 9.77. The maximum absolute atomic E-state index is 4.80. The summed E-state index contributed by atoms with van der Waals surface area (Å²) in [6.45, 7) is 4.58. The Morgan fingerprint density at radius 2 is 1.38 bits per heavy atom. The van der Waals surface area contributed by atoms with E-state index in [1.165, 1.54) is 119 Å². The number of aromatic nitrogens is 1. The molecule has 0 bridgehead atoms. The van der Waals surface area contributed by atoms with Crippen molar-refractivity contribution in [3.8, 4) is 11.3 Å². The molecule has 2 atom stereocenters. The first kappa shape index (κ1) is 25.0. The summed E-state index contributed by atoms with van der Waals surface area (Å²) in [6.07, 6.45) is 24.2. The number of hydrogen-bond acceptors (Lipinski definition) is 1. The third-order valence-corrected chi connectivity index (χ3v) is 7.59. The summed E-state index contributed by atoms with van der Waals surface area (Å²) in [6, 6.07) is 13.6. The first-order valence-electron chi connectivity index (χ1n) is 13.8. The lowest BCUT2D eigenvalue weighted by molar-refractivity contribution is 0.239. The predicted octanol–water partition coefficient (Wildman–Crippen LogP) is 9.58. The Kier molecular flexibility index (Phi) is 11.3. The van der Waals surface area contributed by atoms with Crippen molar-refractivity contribution in [1.82, 2.24) is 4.98 Å². The molecule has 1 heterocycles. The Bertz CT molecular complexity index is 730. The fourth-order valence-corrected chi connectivity index (χ4v) is 5.50. The van der Waals surface area contributed by atoms with Crippen molar-refractivity contribution in [3.63, 3.8) is 0 Å². The van der Waals surface area contributed by atoms with Gasteiger partial charge < -0.3 is 0 Å². The topological polar surface area (TPSA) is 12.9 Å². The number of aryl methyl sites for hydroxylation is 2. The van der Waals surface area contributed by atoms with Crippen LogP contribution >= 0.6 is 0 Å². The van der Waals surface area contributed by atoms with Gasteiger partial charge in [0.2, 0.25) is 0 Å². The average molecular weight is 434 g/mol. The van der Waals surface area contributed by atoms with Gasteiger partial charge in [-0.2, -0.15) is 0 Å². The molecule has 3 rings (SSSR count). The molecule has 1 aliphatic carbocycles. The molecule has 0 aliphatic heterocycles. The molecule has 1 aromatic heterocycles. The summed E-state index contributed by atoms with van der Waals surface area (Å²) >= 11 is 0. The summed E-state index contributed by atoms with van der Waals surface area (Å²) < 4.78 is 0.